The standard InChI is InChI=1S/C53H65Cl2FN8O5/c1-60-42-27-32(11-16-40(42)64(50(60)69)41-17-18-43(65)59-47(41)66)19-24-63-30-51(31-63)22-25-62(26-23-51)29-33-9-13-35(14-10-33)57-48(67)46-44(36-7-6-8-38(55)45(36)56)53(52(61(46)2)20-4-3-5-21-52)37-15-12-34(54)28-39(37)58-49(53)68/h6-8,11-12,15-16,27-28,33,35,41,44,46-47,66H,3-5,9-10,13-14,17-26,29-31H2,1-2H3,(H,57,67)(H,58,68)(H,59,65)/t33?,35?,41?,44-,46+,47?,53+/m0/s1. The number of hydrogen-bond acceptors (Lipinski definition) is 8. The zero-order valence-corrected chi connectivity index (χ0v) is 41.3. The van der Waals surface area contributed by atoms with Gasteiger partial charge in [0.25, 0.3) is 0 Å². The Morgan fingerprint density at radius 2 is 1.64 bits per heavy atom. The topological polar surface area (TPSA) is 144 Å². The van der Waals surface area contributed by atoms with Gasteiger partial charge in [-0.3, -0.25) is 28.4 Å². The van der Waals surface area contributed by atoms with Crippen molar-refractivity contribution in [1.29, 1.82) is 0 Å². The minimum Gasteiger partial charge on any atom is -0.372 e. The number of halogens is 3. The van der Waals surface area contributed by atoms with E-state index in [1.54, 1.807) is 40.4 Å². The molecule has 2 aliphatic carbocycles. The molecule has 368 valence electrons. The van der Waals surface area contributed by atoms with Gasteiger partial charge < -0.3 is 30.9 Å². The number of fused-ring (bicyclic) bond motifs is 4. The third kappa shape index (κ3) is 7.76. The molecular formula is C53H65Cl2FN8O5. The number of amides is 3. The summed E-state index contributed by atoms with van der Waals surface area (Å²) in [4.78, 5) is 62.3. The summed E-state index contributed by atoms with van der Waals surface area (Å²) in [6.07, 6.45) is 11.0. The van der Waals surface area contributed by atoms with Gasteiger partial charge in [-0.25, -0.2) is 9.18 Å². The van der Waals surface area contributed by atoms with Gasteiger partial charge in [0, 0.05) is 67.9 Å². The Balaban J connectivity index is 0.695. The Bertz CT molecular complexity index is 2730. The second kappa shape index (κ2) is 18.1. The minimum atomic E-state index is -1.24. The molecule has 2 saturated carbocycles. The molecule has 11 rings (SSSR count). The predicted octanol–water partition coefficient (Wildman–Crippen LogP) is 6.86. The van der Waals surface area contributed by atoms with E-state index in [4.69, 9.17) is 23.2 Å². The number of aryl methyl sites for hydroxylation is 1. The number of likely N-dealkylation sites (tertiary alicyclic amines) is 3. The molecular weight excluding hydrogens is 919 g/mol. The van der Waals surface area contributed by atoms with Gasteiger partial charge in [0.15, 0.2) is 0 Å². The summed E-state index contributed by atoms with van der Waals surface area (Å²) in [5.41, 5.74) is 2.71. The van der Waals surface area contributed by atoms with Gasteiger partial charge in [0.1, 0.15) is 17.5 Å². The predicted molar refractivity (Wildman–Crippen MR) is 265 cm³/mol. The van der Waals surface area contributed by atoms with Crippen LogP contribution in [0.1, 0.15) is 112 Å². The first-order valence-electron chi connectivity index (χ1n) is 25.4. The van der Waals surface area contributed by atoms with E-state index in [1.165, 1.54) is 24.5 Å². The summed E-state index contributed by atoms with van der Waals surface area (Å²) in [7, 11) is 3.75. The van der Waals surface area contributed by atoms with E-state index in [0.717, 1.165) is 107 Å². The Morgan fingerprint density at radius 1 is 0.884 bits per heavy atom. The van der Waals surface area contributed by atoms with Crippen molar-refractivity contribution in [1.82, 2.24) is 34.5 Å². The number of hydrogen-bond donors (Lipinski definition) is 4. The third-order valence-electron chi connectivity index (χ3n) is 18.2. The van der Waals surface area contributed by atoms with Crippen LogP contribution in [0.4, 0.5) is 10.1 Å². The van der Waals surface area contributed by atoms with E-state index in [9.17, 15) is 19.5 Å². The largest absolute Gasteiger partial charge is 0.372 e. The summed E-state index contributed by atoms with van der Waals surface area (Å²) in [5, 5.41) is 20.2. The van der Waals surface area contributed by atoms with Crippen LogP contribution in [0.3, 0.4) is 0 Å². The minimum absolute atomic E-state index is 0.00368. The number of piperidine rings is 2. The molecule has 7 aliphatic rings. The second-order valence-corrected chi connectivity index (χ2v) is 22.7. The Hall–Kier alpha value is -4.31. The molecule has 16 heteroatoms. The molecule has 0 bridgehead atoms. The van der Waals surface area contributed by atoms with Crippen LogP contribution in [-0.2, 0) is 33.3 Å². The van der Waals surface area contributed by atoms with Crippen molar-refractivity contribution in [3.05, 3.63) is 97.6 Å². The molecule has 6 heterocycles. The number of aliphatic hydroxyl groups is 1. The first kappa shape index (κ1) is 47.0. The second-order valence-electron chi connectivity index (χ2n) is 21.9. The Morgan fingerprint density at radius 3 is 2.38 bits per heavy atom. The van der Waals surface area contributed by atoms with E-state index >= 15 is 9.18 Å². The van der Waals surface area contributed by atoms with Gasteiger partial charge in [0.2, 0.25) is 17.7 Å². The molecule has 2 unspecified atom stereocenters. The van der Waals surface area contributed by atoms with Gasteiger partial charge in [-0.15, -0.1) is 0 Å². The number of likely N-dealkylation sites (N-methyl/N-ethyl adjacent to an activating group) is 1. The summed E-state index contributed by atoms with van der Waals surface area (Å²) >= 11 is 13.0. The zero-order chi connectivity index (χ0) is 48.0. The zero-order valence-electron chi connectivity index (χ0n) is 39.8. The van der Waals surface area contributed by atoms with E-state index in [1.807, 2.05) is 19.2 Å². The molecule has 4 saturated heterocycles. The average Bonchev–Trinajstić information content (AvgIpc) is 3.84. The number of anilines is 1. The normalized spacial score (nSPS) is 30.2. The lowest BCUT2D eigenvalue weighted by Gasteiger charge is -2.54. The summed E-state index contributed by atoms with van der Waals surface area (Å²) in [6, 6.07) is 15.3. The van der Waals surface area contributed by atoms with Crippen LogP contribution in [0.5, 0.6) is 0 Å². The highest BCUT2D eigenvalue weighted by atomic mass is 35.5. The maximum absolute atomic E-state index is 16.5. The molecule has 4 N–H and O–H groups in total. The quantitative estimate of drug-likeness (QED) is 0.143. The van der Waals surface area contributed by atoms with Crippen molar-refractivity contribution in [2.75, 3.05) is 51.6 Å². The molecule has 4 aromatic rings. The molecule has 13 nitrogen and oxygen atoms in total. The van der Waals surface area contributed by atoms with Crippen LogP contribution in [0.25, 0.3) is 11.0 Å². The lowest BCUT2D eigenvalue weighted by atomic mass is 9.55. The van der Waals surface area contributed by atoms with E-state index < -0.39 is 41.0 Å². The summed E-state index contributed by atoms with van der Waals surface area (Å²) < 4.78 is 19.8. The molecule has 69 heavy (non-hydrogen) atoms. The summed E-state index contributed by atoms with van der Waals surface area (Å²) in [5.74, 6) is -1.41. The lowest BCUT2D eigenvalue weighted by Crippen LogP contribution is -2.60. The van der Waals surface area contributed by atoms with Crippen LogP contribution < -0.4 is 21.6 Å². The van der Waals surface area contributed by atoms with Crippen molar-refractivity contribution in [3.63, 3.8) is 0 Å². The maximum atomic E-state index is 16.5. The third-order valence-corrected chi connectivity index (χ3v) is 18.7. The number of carbonyl (C=O) groups is 3. The number of nitrogens with zero attached hydrogens (tertiary/aromatic N) is 5. The van der Waals surface area contributed by atoms with Crippen molar-refractivity contribution in [2.45, 2.75) is 131 Å². The smallest absolute Gasteiger partial charge is 0.329 e. The Kier molecular flexibility index (Phi) is 12.3. The van der Waals surface area contributed by atoms with Crippen LogP contribution in [0.2, 0.25) is 10.0 Å². The van der Waals surface area contributed by atoms with Gasteiger partial charge in [-0.2, -0.15) is 0 Å². The number of rotatable bonds is 9. The molecule has 3 aromatic carbocycles. The van der Waals surface area contributed by atoms with Crippen molar-refractivity contribution < 1.29 is 23.9 Å². The van der Waals surface area contributed by atoms with Crippen LogP contribution in [-0.4, -0.2) is 117 Å². The number of aliphatic hydroxyl groups excluding tert-OH is 1. The van der Waals surface area contributed by atoms with E-state index in [0.29, 0.717) is 46.9 Å². The fourth-order valence-electron chi connectivity index (χ4n) is 14.7. The van der Waals surface area contributed by atoms with E-state index in [-0.39, 0.29) is 40.9 Å². The molecule has 5 atom stereocenters. The molecule has 3 spiro atoms. The number of nitrogens with one attached hydrogen (secondary N) is 3. The monoisotopic (exact) mass is 982 g/mol. The molecule has 1 aromatic heterocycles. The Labute approximate surface area is 413 Å². The molecule has 5 aliphatic heterocycles. The highest BCUT2D eigenvalue weighted by Crippen LogP contribution is 2.66. The molecule has 6 fully saturated rings. The number of carbonyl (C=O) groups excluding carboxylic acids is 3. The van der Waals surface area contributed by atoms with Crippen molar-refractivity contribution >= 4 is 57.6 Å². The average molecular weight is 984 g/mol. The SMILES string of the molecule is CN1[C@@H](C(=O)NC2CCC(CN3CCC4(CC3)CN(CCc3ccc5c(c3)n(C)c(=O)n5C3CCC(=O)NC3O)C4)CC2)[C@H](c2cccc(Cl)c2F)[C@]2(C(=O)Nc3cc(Cl)ccc32)C12CCCCC2. The van der Waals surface area contributed by atoms with Crippen molar-refractivity contribution in [2.24, 2.45) is 18.4 Å². The number of aromatic nitrogens is 2. The first-order chi connectivity index (χ1) is 33.2. The number of benzene rings is 3. The lowest BCUT2D eigenvalue weighted by molar-refractivity contribution is -0.129. The number of imidazole rings is 1. The van der Waals surface area contributed by atoms with Gasteiger partial charge in [-0.05, 0) is 143 Å². The molecule has 3 amide bonds. The van der Waals surface area contributed by atoms with Gasteiger partial charge >= 0.3 is 5.69 Å². The van der Waals surface area contributed by atoms with Gasteiger partial charge in [0.05, 0.1) is 28.1 Å². The fraction of sp³-hybridized carbons (Fsp3) is 0.585. The van der Waals surface area contributed by atoms with Crippen LogP contribution in [0.15, 0.2) is 59.4 Å². The highest BCUT2D eigenvalue weighted by Gasteiger charge is 2.74. The fourth-order valence-corrected chi connectivity index (χ4v) is 15.0. The molecule has 0 radical (unpaired) electrons. The van der Waals surface area contributed by atoms with Crippen LogP contribution >= 0.6 is 23.2 Å². The highest BCUT2D eigenvalue weighted by molar-refractivity contribution is 6.31. The first-order valence-corrected chi connectivity index (χ1v) is 26.2. The van der Waals surface area contributed by atoms with Crippen molar-refractivity contribution in [3.8, 4) is 0 Å². The van der Waals surface area contributed by atoms with Crippen LogP contribution in [0, 0.1) is 17.2 Å². The van der Waals surface area contributed by atoms with E-state index in [2.05, 4.69) is 42.8 Å². The maximum Gasteiger partial charge on any atom is 0.329 e. The summed E-state index contributed by atoms with van der Waals surface area (Å²) in [6.45, 7) is 6.48. The van der Waals surface area contributed by atoms with Gasteiger partial charge in [-0.1, -0.05) is 66.7 Å².